The molecule has 0 N–H and O–H groups in total. The summed E-state index contributed by atoms with van der Waals surface area (Å²) < 4.78 is 148. The molecule has 0 atom stereocenters. The Morgan fingerprint density at radius 2 is 1.27 bits per heavy atom. The Bertz CT molecular complexity index is 3350. The second kappa shape index (κ2) is 17.9. The van der Waals surface area contributed by atoms with Crippen LogP contribution in [0.4, 0.5) is 13.2 Å². The Labute approximate surface area is 395 Å². The predicted octanol–water partition coefficient (Wildman–Crippen LogP) is 15.7. The van der Waals surface area contributed by atoms with Gasteiger partial charge in [0, 0.05) is 59.7 Å². The van der Waals surface area contributed by atoms with Gasteiger partial charge >= 0.3 is 6.18 Å². The molecular weight excluding hydrogens is 954 g/mol. The van der Waals surface area contributed by atoms with Crippen molar-refractivity contribution in [1.29, 1.82) is 0 Å². The molecule has 8 rings (SSSR count). The topological polar surface area (TPSA) is 38.9 Å². The number of furan rings is 1. The van der Waals surface area contributed by atoms with Gasteiger partial charge < -0.3 is 14.4 Å². The number of pyridine rings is 2. The summed E-state index contributed by atoms with van der Waals surface area (Å²) in [5.41, 5.74) is -1.59. The largest absolute Gasteiger partial charge is 0.500 e. The predicted molar refractivity (Wildman–Crippen MR) is 247 cm³/mol. The zero-order valence-corrected chi connectivity index (χ0v) is 38.1. The summed E-state index contributed by atoms with van der Waals surface area (Å²) in [5, 5.41) is 3.37. The molecule has 323 valence electrons. The third-order valence-electron chi connectivity index (χ3n) is 9.87. The smallest absolute Gasteiger partial charge is 0.394 e. The van der Waals surface area contributed by atoms with Crippen LogP contribution in [0.1, 0.15) is 99.7 Å². The minimum atomic E-state index is -4.95. The molecule has 0 spiro atoms. The molecule has 0 unspecified atom stereocenters. The first-order valence-electron chi connectivity index (χ1n) is 25.9. The van der Waals surface area contributed by atoms with Gasteiger partial charge in [-0.2, -0.15) is 13.2 Å². The monoisotopic (exact) mass is 1020 g/mol. The molecule has 0 amide bonds. The van der Waals surface area contributed by atoms with Gasteiger partial charge in [0.25, 0.3) is 0 Å². The molecule has 5 aromatic carbocycles. The summed E-state index contributed by atoms with van der Waals surface area (Å²) in [4.78, 5) is 8.75. The van der Waals surface area contributed by atoms with Gasteiger partial charge in [0.1, 0.15) is 5.58 Å². The van der Waals surface area contributed by atoms with Crippen molar-refractivity contribution in [3.05, 3.63) is 155 Å². The number of aryl methyl sites for hydroxylation is 2. The van der Waals surface area contributed by atoms with Gasteiger partial charge in [0.05, 0.1) is 11.0 Å². The molecule has 0 aliphatic rings. The van der Waals surface area contributed by atoms with E-state index in [1.54, 1.807) is 65.8 Å². The second-order valence-electron chi connectivity index (χ2n) is 17.6. The number of hydrogen-bond acceptors (Lipinski definition) is 3. The SMILES string of the molecule is [2H]C([2H])([2H])c1c[c-]c(-c2cc(C([2H])([2H])C(C)(C)C)c(C([2H])([2H])C(C)(C)C)cn2)cc1-c1ccccc1.[2H]C([2H])([2H])c1cnc(-c2[c-]ccc3c2oc2c4ccccc4ccc32)cc1C([2H])([2H])C(C)(C)C(F)(F)F.[Ir]. The van der Waals surface area contributed by atoms with E-state index in [1.165, 1.54) is 12.3 Å². The molecule has 0 aliphatic carbocycles. The first-order chi connectivity index (χ1) is 33.4. The van der Waals surface area contributed by atoms with Gasteiger partial charge in [0.2, 0.25) is 0 Å². The van der Waals surface area contributed by atoms with E-state index in [1.807, 2.05) is 66.7 Å². The molecule has 3 heterocycles. The normalized spacial score (nSPS) is 16.3. The zero-order chi connectivity index (χ0) is 54.3. The number of aromatic nitrogens is 2. The number of rotatable bonds is 7. The minimum absolute atomic E-state index is 0. The van der Waals surface area contributed by atoms with E-state index in [4.69, 9.17) is 20.9 Å². The van der Waals surface area contributed by atoms with Crippen LogP contribution >= 0.6 is 0 Å². The Morgan fingerprint density at radius 1 is 0.629 bits per heavy atom. The molecule has 0 fully saturated rings. The molecule has 3 nitrogen and oxygen atoms in total. The van der Waals surface area contributed by atoms with Crippen LogP contribution in [-0.2, 0) is 39.2 Å². The maximum atomic E-state index is 13.9. The molecule has 0 saturated heterocycles. The summed E-state index contributed by atoms with van der Waals surface area (Å²) in [7, 11) is 0. The number of nitrogens with zero attached hydrogens (tertiary/aromatic N) is 2. The van der Waals surface area contributed by atoms with Gasteiger partial charge in [-0.25, -0.2) is 0 Å². The van der Waals surface area contributed by atoms with E-state index in [2.05, 4.69) is 22.1 Å². The van der Waals surface area contributed by atoms with Crippen LogP contribution < -0.4 is 0 Å². The van der Waals surface area contributed by atoms with E-state index >= 15 is 0 Å². The third kappa shape index (κ3) is 10.4. The summed E-state index contributed by atoms with van der Waals surface area (Å²) in [5.74, 6) is 0. The van der Waals surface area contributed by atoms with Crippen molar-refractivity contribution in [1.82, 2.24) is 9.97 Å². The van der Waals surface area contributed by atoms with Crippen LogP contribution in [-0.4, -0.2) is 16.1 Å². The second-order valence-corrected chi connectivity index (χ2v) is 17.6. The van der Waals surface area contributed by atoms with E-state index in [-0.39, 0.29) is 48.1 Å². The number of fused-ring (bicyclic) bond motifs is 5. The van der Waals surface area contributed by atoms with Crippen molar-refractivity contribution < 1.29 is 54.1 Å². The Balaban J connectivity index is 0.000000238. The Morgan fingerprint density at radius 3 is 1.97 bits per heavy atom. The van der Waals surface area contributed by atoms with Gasteiger partial charge in [-0.15, -0.1) is 47.5 Å². The summed E-state index contributed by atoms with van der Waals surface area (Å²) >= 11 is 0. The molecule has 8 aromatic rings. The number of alkyl halides is 3. The van der Waals surface area contributed by atoms with Gasteiger partial charge in [0.15, 0.2) is 0 Å². The fraction of sp³-hybridized carbons (Fsp3) is 0.309. The van der Waals surface area contributed by atoms with Crippen molar-refractivity contribution in [2.75, 3.05) is 0 Å². The molecular formula is C55H55F3IrN2O-2. The molecule has 0 saturated carbocycles. The van der Waals surface area contributed by atoms with E-state index in [0.717, 1.165) is 39.4 Å². The van der Waals surface area contributed by atoms with Crippen molar-refractivity contribution in [2.24, 2.45) is 16.2 Å². The van der Waals surface area contributed by atoms with Crippen molar-refractivity contribution in [2.45, 2.75) is 94.4 Å². The van der Waals surface area contributed by atoms with Gasteiger partial charge in [-0.3, -0.25) is 0 Å². The van der Waals surface area contributed by atoms with E-state index in [9.17, 15) is 13.2 Å². The fourth-order valence-corrected chi connectivity index (χ4v) is 6.87. The van der Waals surface area contributed by atoms with Crippen LogP contribution in [0.2, 0.25) is 0 Å². The Hall–Kier alpha value is -5.10. The van der Waals surface area contributed by atoms with E-state index in [0.29, 0.717) is 41.8 Å². The molecule has 62 heavy (non-hydrogen) atoms. The first kappa shape index (κ1) is 32.6. The standard InChI is InChI=1S/C28H34N.C27H21F3NO.Ir/c1-20-13-14-22(15-25(20)21-11-9-8-10-12-21)26-16-23(17-27(2,3)4)24(19-29-26)18-28(5,6)7;1-16-15-31-23(13-18(16)14-26(2,3)27(28,29)30)22-10-6-9-20-21-12-11-17-7-4-5-8-19(17)24(21)32-25(20)22;/h8-13,15-16,19H,17-18H2,1-7H3;4-9,11-13,15H,14H2,1-3H3;/q2*-1;/i1D3,17D2,18D2;1D3,14D2;. The number of halogens is 3. The zero-order valence-electron chi connectivity index (χ0n) is 47.7. The van der Waals surface area contributed by atoms with Gasteiger partial charge in [-0.1, -0.05) is 158 Å². The number of benzene rings is 5. The molecule has 7 heteroatoms. The maximum Gasteiger partial charge on any atom is 0.394 e. The van der Waals surface area contributed by atoms with Crippen molar-refractivity contribution in [3.63, 3.8) is 0 Å². The summed E-state index contributed by atoms with van der Waals surface area (Å²) in [6.07, 6.45) is -9.42. The van der Waals surface area contributed by atoms with Crippen LogP contribution in [0.5, 0.6) is 0 Å². The van der Waals surface area contributed by atoms with Crippen LogP contribution in [0.15, 0.2) is 120 Å². The average molecular weight is 1020 g/mol. The van der Waals surface area contributed by atoms with Crippen LogP contribution in [0.25, 0.3) is 66.4 Å². The van der Waals surface area contributed by atoms with Crippen LogP contribution in [0.3, 0.4) is 0 Å². The third-order valence-corrected chi connectivity index (χ3v) is 9.87. The van der Waals surface area contributed by atoms with Crippen molar-refractivity contribution in [3.8, 4) is 33.6 Å². The van der Waals surface area contributed by atoms with Crippen molar-refractivity contribution >= 4 is 32.7 Å². The molecule has 0 bridgehead atoms. The number of hydrogen-bond donors (Lipinski definition) is 0. The van der Waals surface area contributed by atoms with Gasteiger partial charge in [-0.05, 0) is 81.4 Å². The summed E-state index contributed by atoms with van der Waals surface area (Å²) in [6.45, 7) is 6.91. The summed E-state index contributed by atoms with van der Waals surface area (Å²) in [6, 6.07) is 36.0. The minimum Gasteiger partial charge on any atom is -0.500 e. The average Bonchev–Trinajstić information content (AvgIpc) is 3.69. The quantitative estimate of drug-likeness (QED) is 0.149. The fourth-order valence-electron chi connectivity index (χ4n) is 6.87. The molecule has 3 aromatic heterocycles. The first-order valence-corrected chi connectivity index (χ1v) is 19.9. The molecule has 1 radical (unpaired) electrons. The molecule has 0 aliphatic heterocycles. The van der Waals surface area contributed by atoms with E-state index < -0.39 is 66.4 Å². The van der Waals surface area contributed by atoms with Crippen LogP contribution in [0, 0.1) is 42.1 Å². The maximum absolute atomic E-state index is 13.9. The Kier molecular flexibility index (Phi) is 9.42.